The number of hydrogen-bond donors (Lipinski definition) is 2. The number of carbonyl (C=O) groups is 1. The number of aryl methyl sites for hydroxylation is 1. The molecule has 0 fully saturated rings. The van der Waals surface area contributed by atoms with Gasteiger partial charge in [-0.1, -0.05) is 17.7 Å². The van der Waals surface area contributed by atoms with Crippen LogP contribution in [-0.2, 0) is 34.1 Å². The number of carbonyl (C=O) groups excluding carboxylic acids is 1. The molecule has 0 bridgehead atoms. The van der Waals surface area contributed by atoms with Gasteiger partial charge in [0.25, 0.3) is 0 Å². The topological polar surface area (TPSA) is 159 Å². The standard InChI is InChI=1S/C13H19NO9S2.Na/c1-10-3-5-12(6-4-10)24(17,18)14-7-13(16,8-22-11(2)15)9-23-25(19,20)21;/h3-6,14,16H,7-9H2,1-2H3,(H,19,20,21);/q;+1/p-1. The zero-order valence-corrected chi connectivity index (χ0v) is 18.1. The number of benzene rings is 1. The molecular weight excluding hydrogens is 401 g/mol. The number of rotatable bonds is 9. The van der Waals surface area contributed by atoms with Crippen molar-refractivity contribution in [2.45, 2.75) is 24.3 Å². The van der Waals surface area contributed by atoms with Crippen LogP contribution in [0.1, 0.15) is 12.5 Å². The van der Waals surface area contributed by atoms with Gasteiger partial charge in [-0.05, 0) is 19.1 Å². The van der Waals surface area contributed by atoms with Crippen LogP contribution in [0.5, 0.6) is 0 Å². The third-order valence-electron chi connectivity index (χ3n) is 2.94. The molecule has 1 unspecified atom stereocenters. The van der Waals surface area contributed by atoms with E-state index in [0.717, 1.165) is 12.5 Å². The Morgan fingerprint density at radius 3 is 2.19 bits per heavy atom. The summed E-state index contributed by atoms with van der Waals surface area (Å²) in [6, 6.07) is 5.79. The molecule has 2 N–H and O–H groups in total. The van der Waals surface area contributed by atoms with Crippen LogP contribution in [0.25, 0.3) is 0 Å². The predicted octanol–water partition coefficient (Wildman–Crippen LogP) is -3.95. The second-order valence-corrected chi connectivity index (χ2v) is 8.13. The number of hydrogen-bond acceptors (Lipinski definition) is 9. The molecule has 26 heavy (non-hydrogen) atoms. The fourth-order valence-electron chi connectivity index (χ4n) is 1.59. The average molecular weight is 419 g/mol. The molecule has 0 saturated carbocycles. The molecule has 13 heteroatoms. The van der Waals surface area contributed by atoms with E-state index in [2.05, 4.69) is 8.92 Å². The van der Waals surface area contributed by atoms with E-state index in [0.29, 0.717) is 0 Å². The zero-order valence-electron chi connectivity index (χ0n) is 14.5. The maximum absolute atomic E-state index is 12.2. The number of nitrogens with one attached hydrogen (secondary N) is 1. The minimum Gasteiger partial charge on any atom is -0.726 e. The molecule has 1 aromatic carbocycles. The van der Waals surface area contributed by atoms with Gasteiger partial charge in [0.05, 0.1) is 11.5 Å². The monoisotopic (exact) mass is 419 g/mol. The first-order valence-corrected chi connectivity index (χ1v) is 9.67. The van der Waals surface area contributed by atoms with Gasteiger partial charge in [-0.3, -0.25) is 8.98 Å². The van der Waals surface area contributed by atoms with E-state index < -0.39 is 51.8 Å². The van der Waals surface area contributed by atoms with E-state index in [9.17, 15) is 31.3 Å². The second kappa shape index (κ2) is 10.1. The van der Waals surface area contributed by atoms with E-state index in [1.165, 1.54) is 12.1 Å². The summed E-state index contributed by atoms with van der Waals surface area (Å²) in [4.78, 5) is 10.8. The van der Waals surface area contributed by atoms with Crippen LogP contribution in [0.4, 0.5) is 0 Å². The largest absolute Gasteiger partial charge is 1.00 e. The van der Waals surface area contributed by atoms with Crippen LogP contribution in [0, 0.1) is 6.92 Å². The summed E-state index contributed by atoms with van der Waals surface area (Å²) in [7, 11) is -9.17. The van der Waals surface area contributed by atoms with Gasteiger partial charge in [-0.2, -0.15) is 0 Å². The first-order valence-electron chi connectivity index (χ1n) is 6.85. The quantitative estimate of drug-likeness (QED) is 0.176. The van der Waals surface area contributed by atoms with Gasteiger partial charge < -0.3 is 14.4 Å². The smallest absolute Gasteiger partial charge is 0.726 e. The van der Waals surface area contributed by atoms with Crippen LogP contribution < -0.4 is 34.3 Å². The molecule has 0 spiro atoms. The number of esters is 1. The number of sulfonamides is 1. The van der Waals surface area contributed by atoms with Gasteiger partial charge in [-0.15, -0.1) is 0 Å². The summed E-state index contributed by atoms with van der Waals surface area (Å²) in [5, 5.41) is 10.2. The van der Waals surface area contributed by atoms with Crippen molar-refractivity contribution < 1.29 is 69.8 Å². The van der Waals surface area contributed by atoms with Crippen molar-refractivity contribution in [1.29, 1.82) is 0 Å². The minimum absolute atomic E-state index is 0. The second-order valence-electron chi connectivity index (χ2n) is 5.31. The molecule has 1 atom stereocenters. The Bertz CT molecular complexity index is 809. The first kappa shape index (κ1) is 25.4. The van der Waals surface area contributed by atoms with E-state index in [1.54, 1.807) is 19.1 Å². The Morgan fingerprint density at radius 1 is 1.19 bits per heavy atom. The summed E-state index contributed by atoms with van der Waals surface area (Å²) in [5.74, 6) is -0.801. The van der Waals surface area contributed by atoms with Crippen LogP contribution in [0.2, 0.25) is 0 Å². The van der Waals surface area contributed by atoms with Crippen LogP contribution >= 0.6 is 0 Å². The SMILES string of the molecule is CC(=O)OCC(O)(CNS(=O)(=O)c1ccc(C)cc1)COS(=O)(=O)[O-].[Na+]. The van der Waals surface area contributed by atoms with E-state index >= 15 is 0 Å². The molecule has 10 nitrogen and oxygen atoms in total. The molecule has 0 aromatic heterocycles. The predicted molar refractivity (Wildman–Crippen MR) is 83.6 cm³/mol. The molecule has 0 amide bonds. The third-order valence-corrected chi connectivity index (χ3v) is 4.76. The Kier molecular flexibility index (Phi) is 9.88. The fraction of sp³-hybridized carbons (Fsp3) is 0.462. The summed E-state index contributed by atoms with van der Waals surface area (Å²) in [6.07, 6.45) is 0. The maximum atomic E-state index is 12.2. The Morgan fingerprint density at radius 2 is 1.73 bits per heavy atom. The molecule has 142 valence electrons. The van der Waals surface area contributed by atoms with Gasteiger partial charge in [0, 0.05) is 13.5 Å². The molecule has 0 aliphatic carbocycles. The molecule has 0 aliphatic heterocycles. The Hall–Kier alpha value is -0.570. The van der Waals surface area contributed by atoms with Gasteiger partial charge in [-0.25, -0.2) is 21.6 Å². The van der Waals surface area contributed by atoms with E-state index in [4.69, 9.17) is 0 Å². The third kappa shape index (κ3) is 9.39. The maximum Gasteiger partial charge on any atom is 1.00 e. The van der Waals surface area contributed by atoms with E-state index in [1.807, 2.05) is 4.72 Å². The summed E-state index contributed by atoms with van der Waals surface area (Å²) in [6.45, 7) is 0.160. The molecule has 1 rings (SSSR count). The molecule has 0 radical (unpaired) electrons. The fourth-order valence-corrected chi connectivity index (χ4v) is 3.08. The normalized spacial score (nSPS) is 14.2. The van der Waals surface area contributed by atoms with Crippen molar-refractivity contribution in [3.63, 3.8) is 0 Å². The molecule has 0 heterocycles. The van der Waals surface area contributed by atoms with Crippen molar-refractivity contribution in [2.75, 3.05) is 19.8 Å². The number of ether oxygens (including phenoxy) is 1. The van der Waals surface area contributed by atoms with Gasteiger partial charge in [0.1, 0.15) is 12.2 Å². The van der Waals surface area contributed by atoms with Crippen molar-refractivity contribution in [3.05, 3.63) is 29.8 Å². The molecule has 0 aliphatic rings. The van der Waals surface area contributed by atoms with Crippen molar-refractivity contribution in [3.8, 4) is 0 Å². The molecule has 1 aromatic rings. The van der Waals surface area contributed by atoms with Crippen LogP contribution in [0.3, 0.4) is 0 Å². The average Bonchev–Trinajstić information content (AvgIpc) is 2.49. The summed E-state index contributed by atoms with van der Waals surface area (Å²) in [5.41, 5.74) is -1.43. The Labute approximate surface area is 174 Å². The van der Waals surface area contributed by atoms with Crippen molar-refractivity contribution >= 4 is 26.4 Å². The van der Waals surface area contributed by atoms with E-state index in [-0.39, 0.29) is 34.5 Å². The molecular formula is C13H18NNaO9S2. The van der Waals surface area contributed by atoms with Gasteiger partial charge in [0.15, 0.2) is 0 Å². The first-order chi connectivity index (χ1) is 11.3. The van der Waals surface area contributed by atoms with Gasteiger partial charge in [0.2, 0.25) is 20.4 Å². The summed E-state index contributed by atoms with van der Waals surface area (Å²) >= 11 is 0. The molecule has 0 saturated heterocycles. The van der Waals surface area contributed by atoms with Crippen LogP contribution in [0.15, 0.2) is 29.2 Å². The van der Waals surface area contributed by atoms with Gasteiger partial charge >= 0.3 is 35.5 Å². The van der Waals surface area contributed by atoms with Crippen LogP contribution in [-0.4, -0.2) is 57.8 Å². The zero-order chi connectivity index (χ0) is 19.3. The van der Waals surface area contributed by atoms with Crippen molar-refractivity contribution in [2.24, 2.45) is 0 Å². The summed E-state index contributed by atoms with van der Waals surface area (Å²) < 4.78 is 66.5. The number of aliphatic hydroxyl groups is 1. The minimum atomic E-state index is -5.13. The Balaban J connectivity index is 0.00000625. The van der Waals surface area contributed by atoms with Crippen molar-refractivity contribution in [1.82, 2.24) is 4.72 Å².